The van der Waals surface area contributed by atoms with E-state index in [9.17, 15) is 19.5 Å². The van der Waals surface area contributed by atoms with Gasteiger partial charge in [-0.1, -0.05) is 68.4 Å². The van der Waals surface area contributed by atoms with Crippen LogP contribution in [-0.4, -0.2) is 35.7 Å². The van der Waals surface area contributed by atoms with Crippen LogP contribution in [0, 0.1) is 0 Å². The number of ether oxygens (including phenoxy) is 1. The summed E-state index contributed by atoms with van der Waals surface area (Å²) in [6.45, 7) is 3.82. The number of hydrogen-bond acceptors (Lipinski definition) is 4. The molecule has 2 amide bonds. The third-order valence-electron chi connectivity index (χ3n) is 6.34. The molecule has 35 heavy (non-hydrogen) atoms. The first-order valence-corrected chi connectivity index (χ1v) is 11.7. The molecule has 180 valence electrons. The Hall–Kier alpha value is -4.13. The van der Waals surface area contributed by atoms with Crippen molar-refractivity contribution in [2.75, 3.05) is 11.9 Å². The molecule has 0 bridgehead atoms. The van der Waals surface area contributed by atoms with Crippen molar-refractivity contribution in [1.82, 2.24) is 5.32 Å². The van der Waals surface area contributed by atoms with Crippen molar-refractivity contribution in [3.05, 3.63) is 89.0 Å². The number of hydrogen-bond donors (Lipinski definition) is 3. The topological polar surface area (TPSA) is 105 Å². The Labute approximate surface area is 204 Å². The Bertz CT molecular complexity index is 1220. The highest BCUT2D eigenvalue weighted by molar-refractivity contribution is 6.03. The first-order valence-electron chi connectivity index (χ1n) is 11.7. The van der Waals surface area contributed by atoms with Gasteiger partial charge in [0.05, 0.1) is 11.3 Å². The van der Waals surface area contributed by atoms with Gasteiger partial charge in [0.15, 0.2) is 0 Å². The second-order valence-corrected chi connectivity index (χ2v) is 8.46. The van der Waals surface area contributed by atoms with Crippen LogP contribution in [0.25, 0.3) is 11.1 Å². The zero-order chi connectivity index (χ0) is 24.9. The molecule has 3 aromatic carbocycles. The van der Waals surface area contributed by atoms with Crippen molar-refractivity contribution < 1.29 is 24.2 Å². The van der Waals surface area contributed by atoms with Crippen LogP contribution < -0.4 is 10.6 Å². The molecule has 0 radical (unpaired) electrons. The fraction of sp³-hybridized carbons (Fsp3) is 0.250. The van der Waals surface area contributed by atoms with Gasteiger partial charge in [-0.2, -0.15) is 0 Å². The molecule has 0 saturated carbocycles. The molecule has 0 aromatic heterocycles. The Balaban J connectivity index is 1.41. The van der Waals surface area contributed by atoms with Gasteiger partial charge in [-0.05, 0) is 52.8 Å². The summed E-state index contributed by atoms with van der Waals surface area (Å²) < 4.78 is 5.54. The number of aromatic carboxylic acids is 1. The van der Waals surface area contributed by atoms with Crippen LogP contribution in [0.3, 0.4) is 0 Å². The van der Waals surface area contributed by atoms with Crippen LogP contribution in [0.2, 0.25) is 0 Å². The molecule has 7 nitrogen and oxygen atoms in total. The van der Waals surface area contributed by atoms with E-state index in [1.807, 2.05) is 43.3 Å². The number of carboxylic acid groups (broad SMARTS) is 1. The molecule has 0 saturated heterocycles. The summed E-state index contributed by atoms with van der Waals surface area (Å²) in [7, 11) is 0. The molecule has 1 aliphatic carbocycles. The molecule has 0 aliphatic heterocycles. The van der Waals surface area contributed by atoms with Crippen LogP contribution in [0.15, 0.2) is 66.7 Å². The summed E-state index contributed by atoms with van der Waals surface area (Å²) >= 11 is 0. The molecule has 3 aromatic rings. The number of carbonyl (C=O) groups is 3. The van der Waals surface area contributed by atoms with Gasteiger partial charge >= 0.3 is 12.1 Å². The molecule has 4 rings (SSSR count). The highest BCUT2D eigenvalue weighted by Crippen LogP contribution is 2.44. The average Bonchev–Trinajstić information content (AvgIpc) is 3.19. The van der Waals surface area contributed by atoms with Gasteiger partial charge in [-0.3, -0.25) is 4.79 Å². The molecule has 3 N–H and O–H groups in total. The lowest BCUT2D eigenvalue weighted by Crippen LogP contribution is -2.44. The van der Waals surface area contributed by atoms with E-state index in [1.54, 1.807) is 19.1 Å². The van der Waals surface area contributed by atoms with Gasteiger partial charge in [0, 0.05) is 5.92 Å². The lowest BCUT2D eigenvalue weighted by Gasteiger charge is -2.19. The predicted molar refractivity (Wildman–Crippen MR) is 134 cm³/mol. The zero-order valence-corrected chi connectivity index (χ0v) is 19.7. The molecular formula is C28H28N2O5. The van der Waals surface area contributed by atoms with E-state index < -0.39 is 24.0 Å². The molecule has 0 heterocycles. The maximum atomic E-state index is 12.8. The van der Waals surface area contributed by atoms with Crippen LogP contribution in [0.4, 0.5) is 10.5 Å². The fourth-order valence-corrected chi connectivity index (χ4v) is 4.45. The molecule has 1 atom stereocenters. The number of alkyl carbamates (subject to hydrolysis) is 1. The maximum Gasteiger partial charge on any atom is 0.407 e. The highest BCUT2D eigenvalue weighted by atomic mass is 16.5. The molecule has 7 heteroatoms. The highest BCUT2D eigenvalue weighted by Gasteiger charge is 2.29. The number of rotatable bonds is 8. The lowest BCUT2D eigenvalue weighted by molar-refractivity contribution is -0.118. The van der Waals surface area contributed by atoms with Gasteiger partial charge in [0.1, 0.15) is 12.6 Å². The standard InChI is InChI=1S/C28H28N2O5/c1-3-17-13-14-25(22(15-17)27(32)33)29-26(31)24(4-2)30-28(34)35-16-23-20-11-7-5-9-18(20)19-10-6-8-12-21(19)23/h5-15,23-24H,3-4,16H2,1-2H3,(H,29,31)(H,30,34)(H,32,33)/t24-/m0/s1. The minimum Gasteiger partial charge on any atom is -0.478 e. The zero-order valence-electron chi connectivity index (χ0n) is 19.7. The Kier molecular flexibility index (Phi) is 7.15. The summed E-state index contributed by atoms with van der Waals surface area (Å²) in [6.07, 6.45) is 0.287. The van der Waals surface area contributed by atoms with E-state index in [1.165, 1.54) is 6.07 Å². The summed E-state index contributed by atoms with van der Waals surface area (Å²) in [5.74, 6) is -1.72. The van der Waals surface area contributed by atoms with E-state index in [-0.39, 0.29) is 23.8 Å². The number of carboxylic acids is 1. The number of nitrogens with one attached hydrogen (secondary N) is 2. The third-order valence-corrected chi connectivity index (χ3v) is 6.34. The van der Waals surface area contributed by atoms with Crippen LogP contribution >= 0.6 is 0 Å². The van der Waals surface area contributed by atoms with E-state index in [0.717, 1.165) is 27.8 Å². The Morgan fingerprint density at radius 1 is 0.943 bits per heavy atom. The molecular weight excluding hydrogens is 444 g/mol. The predicted octanol–water partition coefficient (Wildman–Crippen LogP) is 5.20. The molecule has 1 aliphatic rings. The van der Waals surface area contributed by atoms with E-state index in [0.29, 0.717) is 12.8 Å². The van der Waals surface area contributed by atoms with Crippen LogP contribution in [0.1, 0.15) is 53.2 Å². The number of amides is 2. The lowest BCUT2D eigenvalue weighted by atomic mass is 9.98. The summed E-state index contributed by atoms with van der Waals surface area (Å²) in [5, 5.41) is 14.8. The minimum atomic E-state index is -1.13. The minimum absolute atomic E-state index is 0.00805. The van der Waals surface area contributed by atoms with Crippen molar-refractivity contribution in [3.8, 4) is 11.1 Å². The van der Waals surface area contributed by atoms with E-state index in [4.69, 9.17) is 4.74 Å². The van der Waals surface area contributed by atoms with E-state index in [2.05, 4.69) is 22.8 Å². The SMILES string of the molecule is CCc1ccc(NC(=O)[C@H](CC)NC(=O)OCC2c3ccccc3-c3ccccc32)c(C(=O)O)c1. The van der Waals surface area contributed by atoms with Crippen molar-refractivity contribution in [2.45, 2.75) is 38.6 Å². The van der Waals surface area contributed by atoms with Crippen molar-refractivity contribution in [3.63, 3.8) is 0 Å². The van der Waals surface area contributed by atoms with Gasteiger partial charge in [-0.15, -0.1) is 0 Å². The molecule has 0 fully saturated rings. The quantitative estimate of drug-likeness (QED) is 0.418. The number of carbonyl (C=O) groups excluding carboxylic acids is 2. The van der Waals surface area contributed by atoms with E-state index >= 15 is 0 Å². The van der Waals surface area contributed by atoms with Gasteiger partial charge in [0.25, 0.3) is 0 Å². The summed E-state index contributed by atoms with van der Waals surface area (Å²) in [4.78, 5) is 37.1. The first-order chi connectivity index (χ1) is 16.9. The van der Waals surface area contributed by atoms with Crippen molar-refractivity contribution >= 4 is 23.7 Å². The van der Waals surface area contributed by atoms with Crippen molar-refractivity contribution in [2.24, 2.45) is 0 Å². The summed E-state index contributed by atoms with van der Waals surface area (Å²) in [6, 6.07) is 20.1. The number of aryl methyl sites for hydroxylation is 1. The Morgan fingerprint density at radius 3 is 2.14 bits per heavy atom. The first kappa shape index (κ1) is 24.0. The van der Waals surface area contributed by atoms with Crippen LogP contribution in [-0.2, 0) is 16.0 Å². The summed E-state index contributed by atoms with van der Waals surface area (Å²) in [5.41, 5.74) is 5.51. The smallest absolute Gasteiger partial charge is 0.407 e. The molecule has 0 unspecified atom stereocenters. The second-order valence-electron chi connectivity index (χ2n) is 8.46. The molecule has 0 spiro atoms. The number of fused-ring (bicyclic) bond motifs is 3. The number of benzene rings is 3. The monoisotopic (exact) mass is 472 g/mol. The van der Waals surface area contributed by atoms with Crippen molar-refractivity contribution in [1.29, 1.82) is 0 Å². The maximum absolute atomic E-state index is 12.8. The normalized spacial score (nSPS) is 12.9. The average molecular weight is 473 g/mol. The number of anilines is 1. The second kappa shape index (κ2) is 10.4. The Morgan fingerprint density at radius 2 is 1.57 bits per heavy atom. The van der Waals surface area contributed by atoms with Gasteiger partial charge < -0.3 is 20.5 Å². The van der Waals surface area contributed by atoms with Crippen LogP contribution in [0.5, 0.6) is 0 Å². The van der Waals surface area contributed by atoms with Gasteiger partial charge in [0.2, 0.25) is 5.91 Å². The van der Waals surface area contributed by atoms with Gasteiger partial charge in [-0.25, -0.2) is 9.59 Å². The largest absolute Gasteiger partial charge is 0.478 e. The third kappa shape index (κ3) is 5.04. The fourth-order valence-electron chi connectivity index (χ4n) is 4.45.